The number of aryl methyl sites for hydroxylation is 2. The van der Waals surface area contributed by atoms with Crippen LogP contribution in [-0.4, -0.2) is 9.97 Å². The lowest BCUT2D eigenvalue weighted by Gasteiger charge is -2.11. The largest absolute Gasteiger partial charge is 0.234 e. The van der Waals surface area contributed by atoms with Crippen molar-refractivity contribution in [2.45, 2.75) is 106 Å². The minimum atomic E-state index is 0.757. The minimum Gasteiger partial charge on any atom is -0.234 e. The van der Waals surface area contributed by atoms with E-state index in [4.69, 9.17) is 9.97 Å². The van der Waals surface area contributed by atoms with Crippen molar-refractivity contribution in [2.75, 3.05) is 0 Å². The average molecular weight is 801 g/mol. The smallest absolute Gasteiger partial charge is 0.134 e. The molecule has 0 spiro atoms. The van der Waals surface area contributed by atoms with E-state index in [-0.39, 0.29) is 0 Å². The van der Waals surface area contributed by atoms with Gasteiger partial charge in [0.15, 0.2) is 0 Å². The molecule has 0 aliphatic heterocycles. The zero-order valence-electron chi connectivity index (χ0n) is 31.5. The van der Waals surface area contributed by atoms with Crippen LogP contribution in [0.2, 0.25) is 0 Å². The highest BCUT2D eigenvalue weighted by atomic mass is 32.1. The second-order valence-corrected chi connectivity index (χ2v) is 21.8. The molecule has 2 atom stereocenters. The maximum atomic E-state index is 5.50. The number of fused-ring (bicyclic) bond motifs is 2. The highest BCUT2D eigenvalue weighted by Crippen LogP contribution is 2.52. The quantitative estimate of drug-likeness (QED) is 0.0864. The average Bonchev–Trinajstić information content (AvgIpc) is 3.96. The molecule has 8 heteroatoms. The first-order valence-corrected chi connectivity index (χ1v) is 24.3. The third kappa shape index (κ3) is 9.01. The Morgan fingerprint density at radius 1 is 0.481 bits per heavy atom. The number of nitrogens with zero attached hydrogens (tertiary/aromatic N) is 2. The van der Waals surface area contributed by atoms with Crippen molar-refractivity contribution >= 4 is 88.5 Å². The lowest BCUT2D eigenvalue weighted by atomic mass is 9.96. The Morgan fingerprint density at radius 2 is 0.923 bits per heavy atom. The summed E-state index contributed by atoms with van der Waals surface area (Å²) in [5.74, 6) is 3.11. The molecule has 6 aromatic heterocycles. The Balaban J connectivity index is 1.28. The van der Waals surface area contributed by atoms with Crippen LogP contribution < -0.4 is 0 Å². The summed E-state index contributed by atoms with van der Waals surface area (Å²) in [7, 11) is 0. The maximum absolute atomic E-state index is 5.50. The number of hydrogen-bond donors (Lipinski definition) is 0. The second-order valence-electron chi connectivity index (χ2n) is 15.6. The number of thiazole rings is 2. The Kier molecular flexibility index (Phi) is 12.8. The van der Waals surface area contributed by atoms with Gasteiger partial charge in [0.1, 0.15) is 10.0 Å². The van der Waals surface area contributed by atoms with Crippen molar-refractivity contribution in [3.8, 4) is 40.7 Å². The van der Waals surface area contributed by atoms with Crippen molar-refractivity contribution in [1.82, 2.24) is 9.97 Å². The Hall–Kier alpha value is -2.20. The van der Waals surface area contributed by atoms with Crippen LogP contribution in [0, 0.1) is 23.7 Å². The van der Waals surface area contributed by atoms with Crippen molar-refractivity contribution in [3.05, 3.63) is 69.0 Å². The van der Waals surface area contributed by atoms with Crippen molar-refractivity contribution in [2.24, 2.45) is 23.7 Å². The van der Waals surface area contributed by atoms with Crippen LogP contribution in [0.5, 0.6) is 0 Å². The molecule has 7 aromatic rings. The van der Waals surface area contributed by atoms with Crippen LogP contribution in [0.4, 0.5) is 0 Å². The van der Waals surface area contributed by atoms with E-state index in [1.165, 1.54) is 101 Å². The predicted molar refractivity (Wildman–Crippen MR) is 238 cm³/mol. The summed E-state index contributed by atoms with van der Waals surface area (Å²) in [5.41, 5.74) is 4.84. The number of hydrogen-bond acceptors (Lipinski definition) is 8. The zero-order valence-corrected chi connectivity index (χ0v) is 36.4. The highest BCUT2D eigenvalue weighted by Gasteiger charge is 2.26. The molecule has 0 fully saturated rings. The third-order valence-corrected chi connectivity index (χ3v) is 16.7. The predicted octanol–water partition coefficient (Wildman–Crippen LogP) is 16.6. The fourth-order valence-corrected chi connectivity index (χ4v) is 13.2. The van der Waals surface area contributed by atoms with Gasteiger partial charge in [-0.25, -0.2) is 9.97 Å². The summed E-state index contributed by atoms with van der Waals surface area (Å²) in [6, 6.07) is 18.2. The topological polar surface area (TPSA) is 25.8 Å². The summed E-state index contributed by atoms with van der Waals surface area (Å²) >= 11 is 11.2. The molecule has 0 radical (unpaired) electrons. The SMILES string of the molecule is CC(C)CCCC(C)CCc1ccc(-c2c3nc(-c4cccs4)sc3c(-c3ccc(CCC(C)CCCC(C)C)s3)c3nc(-c4cccs4)sc23)s1. The zero-order chi connectivity index (χ0) is 36.2. The van der Waals surface area contributed by atoms with Gasteiger partial charge >= 0.3 is 0 Å². The van der Waals surface area contributed by atoms with Gasteiger partial charge in [-0.05, 0) is 96.5 Å². The molecule has 0 amide bonds. The maximum Gasteiger partial charge on any atom is 0.134 e. The molecule has 0 bridgehead atoms. The van der Waals surface area contributed by atoms with E-state index in [9.17, 15) is 0 Å². The van der Waals surface area contributed by atoms with E-state index in [1.54, 1.807) is 22.7 Å². The van der Waals surface area contributed by atoms with Gasteiger partial charge < -0.3 is 0 Å². The molecule has 2 unspecified atom stereocenters. The second kappa shape index (κ2) is 17.5. The molecule has 274 valence electrons. The summed E-state index contributed by atoms with van der Waals surface area (Å²) in [5, 5.41) is 6.56. The number of rotatable bonds is 18. The molecule has 0 aliphatic rings. The summed E-state index contributed by atoms with van der Waals surface area (Å²) < 4.78 is 2.55. The molecular formula is C44H52N2S6. The lowest BCUT2D eigenvalue weighted by molar-refractivity contribution is 0.437. The van der Waals surface area contributed by atoms with E-state index < -0.39 is 0 Å². The van der Waals surface area contributed by atoms with Gasteiger partial charge in [-0.2, -0.15) is 0 Å². The molecule has 1 aromatic carbocycles. The lowest BCUT2D eigenvalue weighted by Crippen LogP contribution is -1.98. The van der Waals surface area contributed by atoms with Crippen molar-refractivity contribution < 1.29 is 0 Å². The fourth-order valence-electron chi connectivity index (χ4n) is 7.11. The molecule has 0 saturated carbocycles. The Labute approximate surface area is 335 Å². The van der Waals surface area contributed by atoms with Crippen molar-refractivity contribution in [3.63, 3.8) is 0 Å². The van der Waals surface area contributed by atoms with Gasteiger partial charge in [0, 0.05) is 30.6 Å². The number of thiophene rings is 4. The van der Waals surface area contributed by atoms with Gasteiger partial charge in [-0.3, -0.25) is 0 Å². The van der Waals surface area contributed by atoms with Crippen LogP contribution in [0.15, 0.2) is 59.3 Å². The van der Waals surface area contributed by atoms with Crippen LogP contribution in [0.3, 0.4) is 0 Å². The monoisotopic (exact) mass is 800 g/mol. The first kappa shape index (κ1) is 38.1. The van der Waals surface area contributed by atoms with E-state index in [0.717, 1.165) is 57.6 Å². The molecule has 0 N–H and O–H groups in total. The summed E-state index contributed by atoms with van der Waals surface area (Å²) in [6.07, 6.45) is 12.8. The van der Waals surface area contributed by atoms with Gasteiger partial charge in [-0.1, -0.05) is 92.2 Å². The Morgan fingerprint density at radius 3 is 1.31 bits per heavy atom. The Bertz CT molecular complexity index is 1950. The van der Waals surface area contributed by atoms with Crippen LogP contribution >= 0.6 is 68.0 Å². The molecule has 52 heavy (non-hydrogen) atoms. The number of aromatic nitrogens is 2. The minimum absolute atomic E-state index is 0.757. The van der Waals surface area contributed by atoms with Crippen LogP contribution in [0.1, 0.15) is 103 Å². The van der Waals surface area contributed by atoms with Gasteiger partial charge in [-0.15, -0.1) is 68.0 Å². The standard InChI is InChI=1S/C44H52N2S6/c1-27(2)11-7-13-29(5)17-19-31-21-23-33(49-31)37-39-42(52-43(45-39)35-15-9-25-47-35)38(40-41(37)51-44(46-40)36-16-10-26-48-36)34-24-22-32(50-34)20-18-30(6)14-8-12-28(3)4/h9-10,15-16,21-30H,7-8,11-14,17-20H2,1-6H3. The van der Waals surface area contributed by atoms with Crippen LogP contribution in [-0.2, 0) is 12.8 Å². The third-order valence-electron chi connectivity index (χ3n) is 10.2. The molecule has 2 nitrogen and oxygen atoms in total. The molecule has 6 heterocycles. The molecule has 0 saturated heterocycles. The summed E-state index contributed by atoms with van der Waals surface area (Å²) in [6.45, 7) is 14.2. The van der Waals surface area contributed by atoms with E-state index >= 15 is 0 Å². The normalized spacial score (nSPS) is 13.4. The van der Waals surface area contributed by atoms with E-state index in [1.807, 2.05) is 45.3 Å². The molecule has 7 rings (SSSR count). The highest BCUT2D eigenvalue weighted by molar-refractivity contribution is 7.28. The fraction of sp³-hybridized carbons (Fsp3) is 0.455. The molecule has 0 aliphatic carbocycles. The van der Waals surface area contributed by atoms with Gasteiger partial charge in [0.05, 0.1) is 30.2 Å². The summed E-state index contributed by atoms with van der Waals surface area (Å²) in [4.78, 5) is 19.1. The number of benzene rings is 1. The first-order chi connectivity index (χ1) is 25.2. The van der Waals surface area contributed by atoms with Gasteiger partial charge in [0.2, 0.25) is 0 Å². The van der Waals surface area contributed by atoms with Gasteiger partial charge in [0.25, 0.3) is 0 Å². The van der Waals surface area contributed by atoms with E-state index in [0.29, 0.717) is 0 Å². The first-order valence-electron chi connectivity index (χ1n) is 19.3. The van der Waals surface area contributed by atoms with E-state index in [2.05, 4.69) is 101 Å². The van der Waals surface area contributed by atoms with Crippen LogP contribution in [0.25, 0.3) is 61.1 Å². The molecular weight excluding hydrogens is 749 g/mol. The van der Waals surface area contributed by atoms with Crippen molar-refractivity contribution in [1.29, 1.82) is 0 Å².